The average molecular weight is 349 g/mol. The van der Waals surface area contributed by atoms with Crippen molar-refractivity contribution in [1.29, 1.82) is 0 Å². The third-order valence-corrected chi connectivity index (χ3v) is 5.37. The van der Waals surface area contributed by atoms with Crippen molar-refractivity contribution in [1.82, 2.24) is 9.80 Å². The predicted octanol–water partition coefficient (Wildman–Crippen LogP) is 3.09. The number of aliphatic hydroxyl groups is 1. The van der Waals surface area contributed by atoms with Crippen LogP contribution in [-0.4, -0.2) is 66.5 Å². The SMILES string of the molecule is OCCN1CCCN(CCSc2cc(Cl)ccc2Cl)CC1. The van der Waals surface area contributed by atoms with Gasteiger partial charge in [-0.15, -0.1) is 11.8 Å². The second-order valence-electron chi connectivity index (χ2n) is 5.18. The van der Waals surface area contributed by atoms with Gasteiger partial charge in [0.05, 0.1) is 11.6 Å². The smallest absolute Gasteiger partial charge is 0.0558 e. The fraction of sp³-hybridized carbons (Fsp3) is 0.600. The summed E-state index contributed by atoms with van der Waals surface area (Å²) in [7, 11) is 0. The maximum atomic E-state index is 9.01. The molecule has 0 spiro atoms. The summed E-state index contributed by atoms with van der Waals surface area (Å²) in [6.07, 6.45) is 1.17. The molecule has 1 N–H and O–H groups in total. The van der Waals surface area contributed by atoms with Gasteiger partial charge in [-0.05, 0) is 37.7 Å². The first kappa shape index (κ1) is 17.4. The number of β-amino-alcohol motifs (C(OH)–C–C–N with tert-alkyl or cyclic N) is 1. The zero-order valence-electron chi connectivity index (χ0n) is 12.1. The van der Waals surface area contributed by atoms with Crippen molar-refractivity contribution in [3.8, 4) is 0 Å². The maximum Gasteiger partial charge on any atom is 0.0558 e. The van der Waals surface area contributed by atoms with Gasteiger partial charge in [-0.1, -0.05) is 23.2 Å². The Labute approximate surface area is 141 Å². The molecule has 0 radical (unpaired) electrons. The van der Waals surface area contributed by atoms with E-state index in [0.29, 0.717) is 0 Å². The number of rotatable bonds is 6. The van der Waals surface area contributed by atoms with Crippen LogP contribution in [0.3, 0.4) is 0 Å². The number of aliphatic hydroxyl groups excluding tert-OH is 1. The Morgan fingerprint density at radius 1 is 1.05 bits per heavy atom. The van der Waals surface area contributed by atoms with Crippen LogP contribution in [0.15, 0.2) is 23.1 Å². The Hall–Kier alpha value is 0.0300. The van der Waals surface area contributed by atoms with Crippen molar-refractivity contribution in [2.24, 2.45) is 0 Å². The molecule has 1 heterocycles. The van der Waals surface area contributed by atoms with E-state index in [-0.39, 0.29) is 6.61 Å². The summed E-state index contributed by atoms with van der Waals surface area (Å²) in [5.41, 5.74) is 0. The van der Waals surface area contributed by atoms with Crippen LogP contribution in [0.2, 0.25) is 10.0 Å². The van der Waals surface area contributed by atoms with Crippen LogP contribution in [0.5, 0.6) is 0 Å². The van der Waals surface area contributed by atoms with Gasteiger partial charge in [0.2, 0.25) is 0 Å². The van der Waals surface area contributed by atoms with Gasteiger partial charge in [0.1, 0.15) is 0 Å². The van der Waals surface area contributed by atoms with Crippen molar-refractivity contribution >= 4 is 35.0 Å². The minimum atomic E-state index is 0.253. The van der Waals surface area contributed by atoms with Gasteiger partial charge in [-0.2, -0.15) is 0 Å². The minimum absolute atomic E-state index is 0.253. The number of hydrogen-bond acceptors (Lipinski definition) is 4. The molecule has 0 amide bonds. The van der Waals surface area contributed by atoms with Crippen molar-refractivity contribution in [3.63, 3.8) is 0 Å². The standard InChI is InChI=1S/C15H22Cl2N2OS/c16-13-2-3-14(17)15(12-13)21-11-9-19-5-1-4-18(6-7-19)8-10-20/h2-3,12,20H,1,4-11H2. The van der Waals surface area contributed by atoms with E-state index in [1.807, 2.05) is 18.2 Å². The largest absolute Gasteiger partial charge is 0.395 e. The third kappa shape index (κ3) is 5.97. The summed E-state index contributed by atoms with van der Waals surface area (Å²) in [6, 6.07) is 5.60. The molecule has 3 nitrogen and oxygen atoms in total. The lowest BCUT2D eigenvalue weighted by atomic mass is 10.4. The highest BCUT2D eigenvalue weighted by Gasteiger charge is 2.14. The third-order valence-electron chi connectivity index (χ3n) is 3.66. The molecule has 0 saturated carbocycles. The zero-order valence-corrected chi connectivity index (χ0v) is 14.4. The molecule has 0 unspecified atom stereocenters. The molecule has 1 aliphatic rings. The molecular weight excluding hydrogens is 327 g/mol. The number of thioether (sulfide) groups is 1. The summed E-state index contributed by atoms with van der Waals surface area (Å²) >= 11 is 13.9. The van der Waals surface area contributed by atoms with E-state index in [1.165, 1.54) is 6.42 Å². The van der Waals surface area contributed by atoms with Crippen LogP contribution < -0.4 is 0 Å². The number of nitrogens with zero attached hydrogens (tertiary/aromatic N) is 2. The van der Waals surface area contributed by atoms with Gasteiger partial charge in [0.25, 0.3) is 0 Å². The van der Waals surface area contributed by atoms with Gasteiger partial charge in [-0.25, -0.2) is 0 Å². The Morgan fingerprint density at radius 2 is 1.76 bits per heavy atom. The van der Waals surface area contributed by atoms with E-state index >= 15 is 0 Å². The van der Waals surface area contributed by atoms with E-state index in [0.717, 1.165) is 60.0 Å². The van der Waals surface area contributed by atoms with Gasteiger partial charge in [0, 0.05) is 41.8 Å². The van der Waals surface area contributed by atoms with Crippen LogP contribution in [0.4, 0.5) is 0 Å². The van der Waals surface area contributed by atoms with E-state index in [1.54, 1.807) is 11.8 Å². The molecule has 1 saturated heterocycles. The molecule has 0 bridgehead atoms. The van der Waals surface area contributed by atoms with Crippen LogP contribution in [-0.2, 0) is 0 Å². The van der Waals surface area contributed by atoms with Gasteiger partial charge >= 0.3 is 0 Å². The summed E-state index contributed by atoms with van der Waals surface area (Å²) in [6.45, 7) is 6.44. The topological polar surface area (TPSA) is 26.7 Å². The fourth-order valence-electron chi connectivity index (χ4n) is 2.49. The number of hydrogen-bond donors (Lipinski definition) is 1. The lowest BCUT2D eigenvalue weighted by Gasteiger charge is -2.21. The number of halogens is 2. The Bertz CT molecular complexity index is 448. The van der Waals surface area contributed by atoms with E-state index < -0.39 is 0 Å². The van der Waals surface area contributed by atoms with Crippen molar-refractivity contribution in [3.05, 3.63) is 28.2 Å². The fourth-order valence-corrected chi connectivity index (χ4v) is 3.99. The summed E-state index contributed by atoms with van der Waals surface area (Å²) < 4.78 is 0. The molecule has 0 aromatic heterocycles. The highest BCUT2D eigenvalue weighted by atomic mass is 35.5. The monoisotopic (exact) mass is 348 g/mol. The number of benzene rings is 1. The van der Waals surface area contributed by atoms with E-state index in [9.17, 15) is 0 Å². The molecule has 6 heteroatoms. The zero-order chi connectivity index (χ0) is 15.1. The highest BCUT2D eigenvalue weighted by molar-refractivity contribution is 7.99. The molecule has 1 aliphatic heterocycles. The Kier molecular flexibility index (Phi) is 7.64. The summed E-state index contributed by atoms with van der Waals surface area (Å²) in [5.74, 6) is 1.01. The second kappa shape index (κ2) is 9.23. The molecule has 1 aromatic rings. The minimum Gasteiger partial charge on any atom is -0.395 e. The van der Waals surface area contributed by atoms with Gasteiger partial charge < -0.3 is 10.0 Å². The molecule has 1 aromatic carbocycles. The summed E-state index contributed by atoms with van der Waals surface area (Å²) in [5, 5.41) is 10.5. The first-order valence-electron chi connectivity index (χ1n) is 7.32. The highest BCUT2D eigenvalue weighted by Crippen LogP contribution is 2.29. The van der Waals surface area contributed by atoms with E-state index in [4.69, 9.17) is 28.3 Å². The average Bonchev–Trinajstić information content (AvgIpc) is 2.69. The van der Waals surface area contributed by atoms with E-state index in [2.05, 4.69) is 9.80 Å². The van der Waals surface area contributed by atoms with Crippen molar-refractivity contribution < 1.29 is 5.11 Å². The van der Waals surface area contributed by atoms with Crippen LogP contribution in [0.25, 0.3) is 0 Å². The van der Waals surface area contributed by atoms with Crippen LogP contribution in [0.1, 0.15) is 6.42 Å². The molecule has 118 valence electrons. The van der Waals surface area contributed by atoms with Crippen molar-refractivity contribution in [2.45, 2.75) is 11.3 Å². The van der Waals surface area contributed by atoms with Crippen molar-refractivity contribution in [2.75, 3.05) is 51.6 Å². The Balaban J connectivity index is 1.74. The quantitative estimate of drug-likeness (QED) is 0.799. The molecule has 21 heavy (non-hydrogen) atoms. The van der Waals surface area contributed by atoms with Crippen LogP contribution in [0, 0.1) is 0 Å². The first-order chi connectivity index (χ1) is 10.2. The van der Waals surface area contributed by atoms with Gasteiger partial charge in [0.15, 0.2) is 0 Å². The molecule has 1 fully saturated rings. The molecule has 0 aliphatic carbocycles. The lowest BCUT2D eigenvalue weighted by molar-refractivity contribution is 0.198. The predicted molar refractivity (Wildman–Crippen MR) is 91.8 cm³/mol. The second-order valence-corrected chi connectivity index (χ2v) is 7.16. The maximum absolute atomic E-state index is 9.01. The first-order valence-corrected chi connectivity index (χ1v) is 9.06. The molecule has 0 atom stereocenters. The Morgan fingerprint density at radius 3 is 2.48 bits per heavy atom. The molecule has 2 rings (SSSR count). The summed E-state index contributed by atoms with van der Waals surface area (Å²) in [4.78, 5) is 5.88. The normalized spacial score (nSPS) is 17.9. The van der Waals surface area contributed by atoms with Crippen LogP contribution >= 0.6 is 35.0 Å². The molecular formula is C15H22Cl2N2OS. The lowest BCUT2D eigenvalue weighted by Crippen LogP contribution is -2.33. The van der Waals surface area contributed by atoms with Gasteiger partial charge in [-0.3, -0.25) is 4.90 Å².